The normalized spacial score (nSPS) is 34.8. The lowest BCUT2D eigenvalue weighted by Crippen LogP contribution is -2.47. The Labute approximate surface area is 132 Å². The minimum absolute atomic E-state index is 0.197. The SMILES string of the molecule is COCCN1C[C@H]2CC[C@@]3(N=C(C)N(CCOC)C3=O)[C@H]2C1. The molecule has 2 heterocycles. The van der Waals surface area contributed by atoms with Crippen LogP contribution in [0.2, 0.25) is 0 Å². The number of likely N-dealkylation sites (tertiary alicyclic amines) is 1. The highest BCUT2D eigenvalue weighted by Crippen LogP contribution is 2.50. The Hall–Kier alpha value is -0.980. The maximum atomic E-state index is 13.0. The summed E-state index contributed by atoms with van der Waals surface area (Å²) in [7, 11) is 3.40. The van der Waals surface area contributed by atoms with Gasteiger partial charge in [-0.15, -0.1) is 0 Å². The Morgan fingerprint density at radius 3 is 2.68 bits per heavy atom. The van der Waals surface area contributed by atoms with Crippen LogP contribution in [-0.4, -0.2) is 80.7 Å². The van der Waals surface area contributed by atoms with Crippen LogP contribution in [0.3, 0.4) is 0 Å². The molecule has 3 rings (SSSR count). The highest BCUT2D eigenvalue weighted by molar-refractivity contribution is 6.07. The number of hydrogen-bond donors (Lipinski definition) is 0. The first-order valence-corrected chi connectivity index (χ1v) is 8.21. The molecule has 3 aliphatic rings. The molecule has 0 aromatic carbocycles. The Morgan fingerprint density at radius 1 is 1.23 bits per heavy atom. The van der Waals surface area contributed by atoms with Gasteiger partial charge in [0.25, 0.3) is 5.91 Å². The van der Waals surface area contributed by atoms with E-state index in [1.807, 2.05) is 11.8 Å². The van der Waals surface area contributed by atoms with E-state index in [1.165, 1.54) is 0 Å². The lowest BCUT2D eigenvalue weighted by Gasteiger charge is -2.28. The maximum Gasteiger partial charge on any atom is 0.256 e. The molecule has 0 radical (unpaired) electrons. The third-order valence-corrected chi connectivity index (χ3v) is 5.52. The van der Waals surface area contributed by atoms with Gasteiger partial charge in [-0.2, -0.15) is 0 Å². The molecule has 1 aliphatic carbocycles. The predicted octanol–water partition coefficient (Wildman–Crippen LogP) is 0.620. The van der Waals surface area contributed by atoms with E-state index in [0.717, 1.165) is 44.9 Å². The van der Waals surface area contributed by atoms with Crippen molar-refractivity contribution in [2.45, 2.75) is 25.3 Å². The van der Waals surface area contributed by atoms with Gasteiger partial charge < -0.3 is 14.4 Å². The van der Waals surface area contributed by atoms with E-state index < -0.39 is 5.54 Å². The Morgan fingerprint density at radius 2 is 1.95 bits per heavy atom. The number of hydrogen-bond acceptors (Lipinski definition) is 5. The van der Waals surface area contributed by atoms with Crippen LogP contribution in [0.5, 0.6) is 0 Å². The van der Waals surface area contributed by atoms with Gasteiger partial charge in [-0.1, -0.05) is 0 Å². The molecule has 2 fully saturated rings. The molecule has 1 saturated heterocycles. The Bertz CT molecular complexity index is 468. The Kier molecular flexibility index (Phi) is 4.52. The highest BCUT2D eigenvalue weighted by atomic mass is 16.5. The zero-order valence-electron chi connectivity index (χ0n) is 13.9. The van der Waals surface area contributed by atoms with Gasteiger partial charge in [0.1, 0.15) is 11.4 Å². The van der Waals surface area contributed by atoms with E-state index in [0.29, 0.717) is 25.0 Å². The molecule has 22 heavy (non-hydrogen) atoms. The van der Waals surface area contributed by atoms with E-state index in [2.05, 4.69) is 4.90 Å². The maximum absolute atomic E-state index is 13.0. The highest BCUT2D eigenvalue weighted by Gasteiger charge is 2.60. The number of carbonyl (C=O) groups excluding carboxylic acids is 1. The minimum Gasteiger partial charge on any atom is -0.383 e. The quantitative estimate of drug-likeness (QED) is 0.722. The van der Waals surface area contributed by atoms with E-state index in [-0.39, 0.29) is 5.91 Å². The lowest BCUT2D eigenvalue weighted by atomic mass is 9.85. The standard InChI is InChI=1S/C16H27N3O3/c1-12-17-16(15(20)19(12)7-9-22-3)5-4-13-10-18(6-8-21-2)11-14(13)16/h13-14H,4-11H2,1-3H3/t13-,14+,16-/m1/s1. The number of methoxy groups -OCH3 is 2. The van der Waals surface area contributed by atoms with Crippen LogP contribution in [-0.2, 0) is 14.3 Å². The molecule has 0 aromatic rings. The molecule has 0 aromatic heterocycles. The fourth-order valence-electron chi connectivity index (χ4n) is 4.42. The monoisotopic (exact) mass is 309 g/mol. The molecule has 124 valence electrons. The first-order valence-electron chi connectivity index (χ1n) is 8.21. The van der Waals surface area contributed by atoms with Crippen molar-refractivity contribution in [3.05, 3.63) is 0 Å². The minimum atomic E-state index is -0.496. The predicted molar refractivity (Wildman–Crippen MR) is 84.0 cm³/mol. The number of amides is 1. The molecular formula is C16H27N3O3. The Balaban J connectivity index is 1.73. The summed E-state index contributed by atoms with van der Waals surface area (Å²) in [6.07, 6.45) is 2.01. The van der Waals surface area contributed by atoms with Gasteiger partial charge in [0.05, 0.1) is 19.8 Å². The lowest BCUT2D eigenvalue weighted by molar-refractivity contribution is -0.132. The molecule has 2 aliphatic heterocycles. The van der Waals surface area contributed by atoms with Gasteiger partial charge in [-0.05, 0) is 25.7 Å². The third-order valence-electron chi connectivity index (χ3n) is 5.52. The average Bonchev–Trinajstić information content (AvgIpc) is 3.12. The third kappa shape index (κ3) is 2.47. The zero-order chi connectivity index (χ0) is 15.7. The number of rotatable bonds is 6. The number of nitrogens with zero attached hydrogens (tertiary/aromatic N) is 3. The van der Waals surface area contributed by atoms with Crippen LogP contribution < -0.4 is 0 Å². The van der Waals surface area contributed by atoms with Gasteiger partial charge in [-0.25, -0.2) is 0 Å². The number of ether oxygens (including phenoxy) is 2. The molecule has 6 nitrogen and oxygen atoms in total. The molecule has 0 bridgehead atoms. The topological polar surface area (TPSA) is 54.4 Å². The van der Waals surface area contributed by atoms with E-state index in [9.17, 15) is 4.79 Å². The summed E-state index contributed by atoms with van der Waals surface area (Å²) in [6.45, 7) is 6.87. The summed E-state index contributed by atoms with van der Waals surface area (Å²) in [5, 5.41) is 0. The molecule has 6 heteroatoms. The summed E-state index contributed by atoms with van der Waals surface area (Å²) in [4.78, 5) is 22.1. The number of aliphatic imine (C=N–C) groups is 1. The van der Waals surface area contributed by atoms with Crippen molar-refractivity contribution in [3.8, 4) is 0 Å². The fourth-order valence-corrected chi connectivity index (χ4v) is 4.42. The molecule has 0 N–H and O–H groups in total. The van der Waals surface area contributed by atoms with E-state index in [1.54, 1.807) is 14.2 Å². The second kappa shape index (κ2) is 6.26. The van der Waals surface area contributed by atoms with Crippen molar-refractivity contribution < 1.29 is 14.3 Å². The van der Waals surface area contributed by atoms with Crippen LogP contribution in [0.4, 0.5) is 0 Å². The second-order valence-electron chi connectivity index (χ2n) is 6.69. The number of fused-ring (bicyclic) bond motifs is 2. The van der Waals surface area contributed by atoms with Crippen molar-refractivity contribution in [1.82, 2.24) is 9.80 Å². The first kappa shape index (κ1) is 15.9. The van der Waals surface area contributed by atoms with Gasteiger partial charge >= 0.3 is 0 Å². The van der Waals surface area contributed by atoms with E-state index >= 15 is 0 Å². The smallest absolute Gasteiger partial charge is 0.256 e. The van der Waals surface area contributed by atoms with Gasteiger partial charge in [0.2, 0.25) is 0 Å². The summed E-state index contributed by atoms with van der Waals surface area (Å²) in [6, 6.07) is 0. The van der Waals surface area contributed by atoms with Crippen LogP contribution in [0.25, 0.3) is 0 Å². The van der Waals surface area contributed by atoms with Crippen molar-refractivity contribution in [3.63, 3.8) is 0 Å². The van der Waals surface area contributed by atoms with Crippen molar-refractivity contribution in [2.75, 3.05) is 53.6 Å². The largest absolute Gasteiger partial charge is 0.383 e. The first-order chi connectivity index (χ1) is 10.6. The van der Waals surface area contributed by atoms with Crippen LogP contribution in [0.15, 0.2) is 4.99 Å². The summed E-state index contributed by atoms with van der Waals surface area (Å²) in [5.74, 6) is 2.01. The summed E-state index contributed by atoms with van der Waals surface area (Å²) in [5.41, 5.74) is -0.496. The van der Waals surface area contributed by atoms with Crippen LogP contribution in [0, 0.1) is 11.8 Å². The summed E-state index contributed by atoms with van der Waals surface area (Å²) < 4.78 is 10.3. The van der Waals surface area contributed by atoms with Gasteiger partial charge in [-0.3, -0.25) is 14.7 Å². The average molecular weight is 309 g/mol. The molecule has 0 unspecified atom stereocenters. The molecule has 1 saturated carbocycles. The van der Waals surface area contributed by atoms with E-state index in [4.69, 9.17) is 14.5 Å². The fraction of sp³-hybridized carbons (Fsp3) is 0.875. The number of amidine groups is 1. The molecule has 1 spiro atoms. The van der Waals surface area contributed by atoms with Crippen molar-refractivity contribution in [1.29, 1.82) is 0 Å². The zero-order valence-corrected chi connectivity index (χ0v) is 13.9. The second-order valence-corrected chi connectivity index (χ2v) is 6.69. The van der Waals surface area contributed by atoms with Crippen molar-refractivity contribution >= 4 is 11.7 Å². The van der Waals surface area contributed by atoms with Gasteiger partial charge in [0, 0.05) is 39.8 Å². The van der Waals surface area contributed by atoms with Gasteiger partial charge in [0.15, 0.2) is 0 Å². The van der Waals surface area contributed by atoms with Crippen LogP contribution in [0.1, 0.15) is 19.8 Å². The van der Waals surface area contributed by atoms with Crippen LogP contribution >= 0.6 is 0 Å². The van der Waals surface area contributed by atoms with Crippen molar-refractivity contribution in [2.24, 2.45) is 16.8 Å². The molecule has 1 amide bonds. The number of carbonyl (C=O) groups is 1. The molecule has 3 atom stereocenters. The molecular weight excluding hydrogens is 282 g/mol. The summed E-state index contributed by atoms with van der Waals surface area (Å²) >= 11 is 0.